The lowest BCUT2D eigenvalue weighted by molar-refractivity contribution is 0.0526. The van der Waals surface area contributed by atoms with E-state index in [1.165, 1.54) is 0 Å². The fraction of sp³-hybridized carbons (Fsp3) is 0.208. The first kappa shape index (κ1) is 20.9. The van der Waals surface area contributed by atoms with Gasteiger partial charge >= 0.3 is 5.97 Å². The summed E-state index contributed by atoms with van der Waals surface area (Å²) in [6.07, 6.45) is 0.825. The van der Waals surface area contributed by atoms with Crippen LogP contribution in [0.5, 0.6) is 0 Å². The van der Waals surface area contributed by atoms with Gasteiger partial charge in [0.2, 0.25) is 0 Å². The molecule has 0 aliphatic carbocycles. The van der Waals surface area contributed by atoms with Gasteiger partial charge in [0.25, 0.3) is 10.0 Å². The number of fused-ring (bicyclic) bond motifs is 3. The number of hydrogen-bond acceptors (Lipinski definition) is 5. The van der Waals surface area contributed by atoms with Crippen LogP contribution in [0.1, 0.15) is 35.5 Å². The molecule has 0 saturated heterocycles. The van der Waals surface area contributed by atoms with E-state index in [4.69, 9.17) is 9.15 Å². The zero-order valence-electron chi connectivity index (χ0n) is 17.6. The first-order chi connectivity index (χ1) is 14.9. The molecule has 0 fully saturated rings. The Kier molecular flexibility index (Phi) is 5.45. The number of benzene rings is 3. The molecule has 6 nitrogen and oxygen atoms in total. The summed E-state index contributed by atoms with van der Waals surface area (Å²) in [5.74, 6) is -0.0771. The maximum Gasteiger partial charge on any atom is 0.342 e. The molecule has 160 valence electrons. The molecule has 3 aromatic carbocycles. The van der Waals surface area contributed by atoms with Crippen LogP contribution >= 0.6 is 0 Å². The standard InChI is InChI=1S/C24H23NO5S/c1-4-16-10-12-17(13-11-16)31(27,28)25-21-14-20-22(24(26)29-5-2)15(3)30-23(20)19-9-7-6-8-18(19)21/h6-14,25H,4-5H2,1-3H3. The van der Waals surface area contributed by atoms with E-state index in [1.807, 2.05) is 31.2 Å². The number of anilines is 1. The molecule has 1 aromatic heterocycles. The highest BCUT2D eigenvalue weighted by atomic mass is 32.2. The molecule has 0 unspecified atom stereocenters. The molecule has 0 saturated carbocycles. The van der Waals surface area contributed by atoms with Crippen molar-refractivity contribution in [2.24, 2.45) is 0 Å². The van der Waals surface area contributed by atoms with Crippen molar-refractivity contribution < 1.29 is 22.4 Å². The van der Waals surface area contributed by atoms with Gasteiger partial charge in [-0.05, 0) is 44.0 Å². The van der Waals surface area contributed by atoms with E-state index in [9.17, 15) is 13.2 Å². The molecule has 1 N–H and O–H groups in total. The molecular weight excluding hydrogens is 414 g/mol. The maximum atomic E-state index is 13.1. The minimum Gasteiger partial charge on any atom is -0.462 e. The third-order valence-corrected chi connectivity index (χ3v) is 6.62. The second-order valence-electron chi connectivity index (χ2n) is 7.20. The summed E-state index contributed by atoms with van der Waals surface area (Å²) in [4.78, 5) is 12.7. The van der Waals surface area contributed by atoms with E-state index in [0.29, 0.717) is 38.8 Å². The van der Waals surface area contributed by atoms with Crippen LogP contribution in [0.4, 0.5) is 5.69 Å². The highest BCUT2D eigenvalue weighted by molar-refractivity contribution is 7.92. The van der Waals surface area contributed by atoms with Crippen molar-refractivity contribution in [3.8, 4) is 0 Å². The molecule has 0 bridgehead atoms. The Bertz CT molecular complexity index is 1390. The number of rotatable bonds is 6. The SMILES string of the molecule is CCOC(=O)c1c(C)oc2c1cc(NS(=O)(=O)c1ccc(CC)cc1)c1ccccc12. The molecule has 0 amide bonds. The number of furan rings is 1. The molecular formula is C24H23NO5S. The normalized spacial score (nSPS) is 11.7. The number of carbonyl (C=O) groups is 1. The van der Waals surface area contributed by atoms with Crippen molar-refractivity contribution in [3.63, 3.8) is 0 Å². The van der Waals surface area contributed by atoms with E-state index in [1.54, 1.807) is 44.2 Å². The van der Waals surface area contributed by atoms with Gasteiger partial charge in [-0.25, -0.2) is 13.2 Å². The molecule has 7 heteroatoms. The predicted molar refractivity (Wildman–Crippen MR) is 121 cm³/mol. The Labute approximate surface area is 180 Å². The minimum atomic E-state index is -3.83. The number of hydrogen-bond donors (Lipinski definition) is 1. The Morgan fingerprint density at radius 3 is 2.32 bits per heavy atom. The third-order valence-electron chi connectivity index (χ3n) is 5.24. The average Bonchev–Trinajstić information content (AvgIpc) is 3.10. The van der Waals surface area contributed by atoms with Gasteiger partial charge in [0.15, 0.2) is 0 Å². The summed E-state index contributed by atoms with van der Waals surface area (Å²) >= 11 is 0. The summed E-state index contributed by atoms with van der Waals surface area (Å²) < 4.78 is 39.9. The molecule has 0 spiro atoms. The zero-order chi connectivity index (χ0) is 22.2. The van der Waals surface area contributed by atoms with E-state index >= 15 is 0 Å². The van der Waals surface area contributed by atoms with Gasteiger partial charge in [0, 0.05) is 16.2 Å². The van der Waals surface area contributed by atoms with Crippen LogP contribution < -0.4 is 4.72 Å². The van der Waals surface area contributed by atoms with Crippen molar-refractivity contribution in [2.45, 2.75) is 32.1 Å². The lowest BCUT2D eigenvalue weighted by atomic mass is 10.0. The Hall–Kier alpha value is -3.32. The highest BCUT2D eigenvalue weighted by Gasteiger charge is 2.24. The van der Waals surface area contributed by atoms with E-state index in [2.05, 4.69) is 4.72 Å². The molecule has 0 aliphatic heterocycles. The Morgan fingerprint density at radius 1 is 1.00 bits per heavy atom. The van der Waals surface area contributed by atoms with E-state index in [0.717, 1.165) is 12.0 Å². The quantitative estimate of drug-likeness (QED) is 0.406. The topological polar surface area (TPSA) is 85.6 Å². The largest absolute Gasteiger partial charge is 0.462 e. The molecule has 0 radical (unpaired) electrons. The van der Waals surface area contributed by atoms with Gasteiger partial charge in [-0.3, -0.25) is 4.72 Å². The van der Waals surface area contributed by atoms with Gasteiger partial charge in [-0.2, -0.15) is 0 Å². The monoisotopic (exact) mass is 437 g/mol. The lowest BCUT2D eigenvalue weighted by Gasteiger charge is -2.12. The fourth-order valence-electron chi connectivity index (χ4n) is 3.69. The Morgan fingerprint density at radius 2 is 1.68 bits per heavy atom. The maximum absolute atomic E-state index is 13.1. The zero-order valence-corrected chi connectivity index (χ0v) is 18.4. The van der Waals surface area contributed by atoms with Gasteiger partial charge in [0.05, 0.1) is 17.2 Å². The number of esters is 1. The van der Waals surface area contributed by atoms with Crippen molar-refractivity contribution in [1.29, 1.82) is 0 Å². The summed E-state index contributed by atoms with van der Waals surface area (Å²) in [7, 11) is -3.83. The van der Waals surface area contributed by atoms with E-state index in [-0.39, 0.29) is 11.5 Å². The smallest absolute Gasteiger partial charge is 0.342 e. The molecule has 4 rings (SSSR count). The number of nitrogens with one attached hydrogen (secondary N) is 1. The van der Waals surface area contributed by atoms with Crippen molar-refractivity contribution in [3.05, 3.63) is 71.5 Å². The molecule has 1 heterocycles. The van der Waals surface area contributed by atoms with Crippen molar-refractivity contribution in [2.75, 3.05) is 11.3 Å². The Balaban J connectivity index is 1.90. The second-order valence-corrected chi connectivity index (χ2v) is 8.89. The first-order valence-corrected chi connectivity index (χ1v) is 11.6. The summed E-state index contributed by atoms with van der Waals surface area (Å²) in [6.45, 7) is 5.66. The first-order valence-electron chi connectivity index (χ1n) is 10.1. The minimum absolute atomic E-state index is 0.169. The lowest BCUT2D eigenvalue weighted by Crippen LogP contribution is -2.13. The number of ether oxygens (including phenoxy) is 1. The summed E-state index contributed by atoms with van der Waals surface area (Å²) in [6, 6.07) is 15.7. The van der Waals surface area contributed by atoms with Gasteiger partial charge < -0.3 is 9.15 Å². The van der Waals surface area contributed by atoms with Crippen LogP contribution in [0.15, 0.2) is 63.9 Å². The number of aryl methyl sites for hydroxylation is 2. The number of carbonyl (C=O) groups excluding carboxylic acids is 1. The van der Waals surface area contributed by atoms with Crippen LogP contribution in [0.2, 0.25) is 0 Å². The fourth-order valence-corrected chi connectivity index (χ4v) is 4.76. The van der Waals surface area contributed by atoms with Crippen LogP contribution in [0.3, 0.4) is 0 Å². The van der Waals surface area contributed by atoms with Gasteiger partial charge in [-0.1, -0.05) is 43.3 Å². The van der Waals surface area contributed by atoms with Crippen LogP contribution in [-0.2, 0) is 21.2 Å². The van der Waals surface area contributed by atoms with Crippen molar-refractivity contribution >= 4 is 43.4 Å². The number of sulfonamides is 1. The molecule has 31 heavy (non-hydrogen) atoms. The van der Waals surface area contributed by atoms with Crippen LogP contribution in [-0.4, -0.2) is 21.0 Å². The van der Waals surface area contributed by atoms with Crippen molar-refractivity contribution in [1.82, 2.24) is 0 Å². The summed E-state index contributed by atoms with van der Waals surface area (Å²) in [5, 5.41) is 1.89. The highest BCUT2D eigenvalue weighted by Crippen LogP contribution is 2.37. The van der Waals surface area contributed by atoms with Gasteiger partial charge in [0.1, 0.15) is 16.9 Å². The molecule has 0 atom stereocenters. The summed E-state index contributed by atoms with van der Waals surface area (Å²) in [5.41, 5.74) is 2.24. The predicted octanol–water partition coefficient (Wildman–Crippen LogP) is 5.43. The molecule has 4 aromatic rings. The van der Waals surface area contributed by atoms with E-state index < -0.39 is 16.0 Å². The van der Waals surface area contributed by atoms with Crippen LogP contribution in [0.25, 0.3) is 21.7 Å². The average molecular weight is 438 g/mol. The van der Waals surface area contributed by atoms with Crippen LogP contribution in [0, 0.1) is 6.92 Å². The van der Waals surface area contributed by atoms with Gasteiger partial charge in [-0.15, -0.1) is 0 Å². The third kappa shape index (κ3) is 3.77. The second kappa shape index (κ2) is 8.07. The molecule has 0 aliphatic rings.